The van der Waals surface area contributed by atoms with Gasteiger partial charge in [0.25, 0.3) is 5.91 Å². The van der Waals surface area contributed by atoms with Crippen molar-refractivity contribution in [3.8, 4) is 17.2 Å². The molecule has 0 aliphatic carbocycles. The van der Waals surface area contributed by atoms with Gasteiger partial charge in [0, 0.05) is 36.3 Å². The van der Waals surface area contributed by atoms with Crippen molar-refractivity contribution in [1.82, 2.24) is 20.0 Å². The molecule has 0 saturated carbocycles. The van der Waals surface area contributed by atoms with Gasteiger partial charge in [-0.15, -0.1) is 10.2 Å². The quantitative estimate of drug-likeness (QED) is 0.358. The highest BCUT2D eigenvalue weighted by molar-refractivity contribution is 7.08. The number of aryl methyl sites for hydroxylation is 2. The number of nitrogens with zero attached hydrogens (tertiary/aromatic N) is 4. The molecule has 1 amide bonds. The second-order valence-electron chi connectivity index (χ2n) is 6.37. The molecule has 9 nitrogen and oxygen atoms in total. The second-order valence-corrected chi connectivity index (χ2v) is 7.15. The Hall–Kier alpha value is -3.79. The van der Waals surface area contributed by atoms with Crippen LogP contribution in [0.1, 0.15) is 22.7 Å². The molecule has 0 unspecified atom stereocenters. The van der Waals surface area contributed by atoms with Crippen LogP contribution < -0.4 is 10.1 Å². The molecule has 1 N–H and O–H groups in total. The fourth-order valence-corrected chi connectivity index (χ4v) is 3.23. The minimum Gasteiger partial charge on any atom is -0.427 e. The smallest absolute Gasteiger partial charge is 0.311 e. The van der Waals surface area contributed by atoms with Crippen LogP contribution in [0.2, 0.25) is 0 Å². The van der Waals surface area contributed by atoms with Crippen molar-refractivity contribution in [2.45, 2.75) is 12.8 Å². The summed E-state index contributed by atoms with van der Waals surface area (Å²) in [7, 11) is 1.74. The Bertz CT molecular complexity index is 1150. The molecule has 3 heterocycles. The minimum atomic E-state index is -0.419. The number of benzene rings is 1. The fraction of sp³-hybridized carbons (Fsp3) is 0.150. The third-order valence-corrected chi connectivity index (χ3v) is 4.77. The zero-order chi connectivity index (χ0) is 20.9. The van der Waals surface area contributed by atoms with E-state index in [0.29, 0.717) is 28.8 Å². The number of amides is 1. The molecule has 152 valence electrons. The van der Waals surface area contributed by atoms with E-state index >= 15 is 0 Å². The summed E-state index contributed by atoms with van der Waals surface area (Å²) in [6.07, 6.45) is 3.50. The van der Waals surface area contributed by atoms with Crippen LogP contribution in [-0.2, 0) is 18.3 Å². The van der Waals surface area contributed by atoms with Gasteiger partial charge >= 0.3 is 5.97 Å². The van der Waals surface area contributed by atoms with E-state index in [1.165, 1.54) is 17.5 Å². The van der Waals surface area contributed by atoms with Crippen molar-refractivity contribution in [3.05, 3.63) is 64.9 Å². The molecular formula is C20H17N5O4S. The first-order chi connectivity index (χ1) is 14.6. The fourth-order valence-electron chi connectivity index (χ4n) is 2.60. The number of carbonyl (C=O) groups is 2. The van der Waals surface area contributed by atoms with E-state index in [0.717, 1.165) is 5.56 Å². The van der Waals surface area contributed by atoms with Crippen LogP contribution in [0.4, 0.5) is 5.69 Å². The van der Waals surface area contributed by atoms with Gasteiger partial charge in [0.05, 0.1) is 18.2 Å². The Balaban J connectivity index is 1.27. The number of nitrogens with one attached hydrogen (secondary N) is 1. The van der Waals surface area contributed by atoms with E-state index in [1.54, 1.807) is 42.2 Å². The molecule has 0 aliphatic heterocycles. The first-order valence-electron chi connectivity index (χ1n) is 9.02. The van der Waals surface area contributed by atoms with Crippen molar-refractivity contribution in [2.24, 2.45) is 7.05 Å². The molecule has 0 spiro atoms. The van der Waals surface area contributed by atoms with E-state index in [1.807, 2.05) is 16.8 Å². The highest BCUT2D eigenvalue weighted by Gasteiger charge is 2.13. The van der Waals surface area contributed by atoms with Crippen molar-refractivity contribution < 1.29 is 18.7 Å². The van der Waals surface area contributed by atoms with Gasteiger partial charge in [0.15, 0.2) is 0 Å². The third kappa shape index (κ3) is 4.78. The zero-order valence-electron chi connectivity index (χ0n) is 15.9. The summed E-state index contributed by atoms with van der Waals surface area (Å²) >= 11 is 1.54. The van der Waals surface area contributed by atoms with Gasteiger partial charge in [-0.25, -0.2) is 0 Å². The zero-order valence-corrected chi connectivity index (χ0v) is 16.8. The number of esters is 1. The second kappa shape index (κ2) is 8.70. The lowest BCUT2D eigenvalue weighted by Crippen LogP contribution is -2.11. The molecule has 0 saturated heterocycles. The lowest BCUT2D eigenvalue weighted by atomic mass is 10.2. The van der Waals surface area contributed by atoms with Crippen LogP contribution in [0, 0.1) is 0 Å². The molecule has 4 aromatic rings. The Labute approximate surface area is 175 Å². The van der Waals surface area contributed by atoms with Gasteiger partial charge in [-0.1, -0.05) is 0 Å². The van der Waals surface area contributed by atoms with Gasteiger partial charge in [-0.3, -0.25) is 14.3 Å². The summed E-state index contributed by atoms with van der Waals surface area (Å²) in [5.41, 5.74) is 1.89. The first kappa shape index (κ1) is 19.5. The Morgan fingerprint density at radius 2 is 2.03 bits per heavy atom. The number of hydrogen-bond donors (Lipinski definition) is 1. The van der Waals surface area contributed by atoms with Crippen LogP contribution >= 0.6 is 11.3 Å². The average Bonchev–Trinajstić information content (AvgIpc) is 3.49. The largest absolute Gasteiger partial charge is 0.427 e. The SMILES string of the molecule is Cn1cc(C(=O)Nc2ccc(OC(=O)CCc3nnc(-c4ccsc4)o3)cc2)cn1. The van der Waals surface area contributed by atoms with E-state index in [9.17, 15) is 9.59 Å². The third-order valence-electron chi connectivity index (χ3n) is 4.09. The maximum absolute atomic E-state index is 12.1. The lowest BCUT2D eigenvalue weighted by molar-refractivity contribution is -0.134. The summed E-state index contributed by atoms with van der Waals surface area (Å²) in [6, 6.07) is 8.42. The topological polar surface area (TPSA) is 112 Å². The predicted octanol–water partition coefficient (Wildman–Crippen LogP) is 3.32. The molecule has 0 bridgehead atoms. The van der Waals surface area contributed by atoms with E-state index in [4.69, 9.17) is 9.15 Å². The molecule has 0 radical (unpaired) electrons. The Morgan fingerprint density at radius 3 is 2.73 bits per heavy atom. The van der Waals surface area contributed by atoms with Crippen molar-refractivity contribution in [1.29, 1.82) is 0 Å². The summed E-state index contributed by atoms with van der Waals surface area (Å²) in [5, 5.41) is 18.5. The maximum Gasteiger partial charge on any atom is 0.311 e. The number of rotatable bonds is 7. The van der Waals surface area contributed by atoms with Gasteiger partial charge in [0.2, 0.25) is 11.8 Å². The lowest BCUT2D eigenvalue weighted by Gasteiger charge is -2.06. The van der Waals surface area contributed by atoms with E-state index in [2.05, 4.69) is 20.6 Å². The Morgan fingerprint density at radius 1 is 1.20 bits per heavy atom. The normalized spacial score (nSPS) is 10.7. The number of thiophene rings is 1. The molecule has 0 atom stereocenters. The minimum absolute atomic E-state index is 0.102. The monoisotopic (exact) mass is 423 g/mol. The number of aromatic nitrogens is 4. The van der Waals surface area contributed by atoms with Gasteiger partial charge in [-0.2, -0.15) is 16.4 Å². The molecule has 30 heavy (non-hydrogen) atoms. The highest BCUT2D eigenvalue weighted by atomic mass is 32.1. The number of hydrogen-bond acceptors (Lipinski definition) is 8. The Kier molecular flexibility index (Phi) is 5.66. The van der Waals surface area contributed by atoms with E-state index in [-0.39, 0.29) is 18.7 Å². The van der Waals surface area contributed by atoms with E-state index < -0.39 is 5.97 Å². The molecule has 3 aromatic heterocycles. The van der Waals surface area contributed by atoms with Gasteiger partial charge in [-0.05, 0) is 35.7 Å². The highest BCUT2D eigenvalue weighted by Crippen LogP contribution is 2.21. The van der Waals surface area contributed by atoms with Crippen molar-refractivity contribution in [2.75, 3.05) is 5.32 Å². The first-order valence-corrected chi connectivity index (χ1v) is 9.97. The number of anilines is 1. The molecule has 0 fully saturated rings. The van der Waals surface area contributed by atoms with Crippen LogP contribution in [0.25, 0.3) is 11.5 Å². The van der Waals surface area contributed by atoms with Gasteiger partial charge < -0.3 is 14.5 Å². The molecule has 10 heteroatoms. The standard InChI is InChI=1S/C20H17N5O4S/c1-25-11-14(10-21-25)19(27)22-15-2-4-16(5-3-15)28-18(26)7-6-17-23-24-20(29-17)13-8-9-30-12-13/h2-5,8-12H,6-7H2,1H3,(H,22,27). The van der Waals surface area contributed by atoms with Crippen LogP contribution in [0.3, 0.4) is 0 Å². The summed E-state index contributed by atoms with van der Waals surface area (Å²) < 4.78 is 12.4. The summed E-state index contributed by atoms with van der Waals surface area (Å²) in [5.74, 6) is 0.501. The van der Waals surface area contributed by atoms with Crippen molar-refractivity contribution in [3.63, 3.8) is 0 Å². The van der Waals surface area contributed by atoms with Gasteiger partial charge in [0.1, 0.15) is 5.75 Å². The summed E-state index contributed by atoms with van der Waals surface area (Å²) in [4.78, 5) is 24.2. The molecular weight excluding hydrogens is 406 g/mol. The molecule has 4 rings (SSSR count). The molecule has 1 aromatic carbocycles. The van der Waals surface area contributed by atoms with Crippen LogP contribution in [0.15, 0.2) is 57.9 Å². The maximum atomic E-state index is 12.1. The number of ether oxygens (including phenoxy) is 1. The molecule has 0 aliphatic rings. The van der Waals surface area contributed by atoms with Crippen LogP contribution in [-0.4, -0.2) is 31.9 Å². The predicted molar refractivity (Wildman–Crippen MR) is 109 cm³/mol. The number of carbonyl (C=O) groups excluding carboxylic acids is 2. The van der Waals surface area contributed by atoms with Crippen molar-refractivity contribution >= 4 is 28.9 Å². The summed E-state index contributed by atoms with van der Waals surface area (Å²) in [6.45, 7) is 0. The van der Waals surface area contributed by atoms with Crippen LogP contribution in [0.5, 0.6) is 5.75 Å². The average molecular weight is 423 g/mol.